The van der Waals surface area contributed by atoms with Crippen LogP contribution in [0.2, 0.25) is 0 Å². The molecule has 4 nitrogen and oxygen atoms in total. The quantitative estimate of drug-likeness (QED) is 0.734. The zero-order valence-corrected chi connectivity index (χ0v) is 11.9. The number of aryl methyl sites for hydroxylation is 1. The van der Waals surface area contributed by atoms with Gasteiger partial charge in [0, 0.05) is 20.3 Å². The van der Waals surface area contributed by atoms with E-state index in [4.69, 9.17) is 9.47 Å². The predicted octanol–water partition coefficient (Wildman–Crippen LogP) is 2.31. The number of carbonyl (C=O) groups excluding carboxylic acids is 1. The highest BCUT2D eigenvalue weighted by Gasteiger charge is 2.17. The van der Waals surface area contributed by atoms with Gasteiger partial charge in [-0.3, -0.25) is 4.79 Å². The minimum absolute atomic E-state index is 0.0693. The van der Waals surface area contributed by atoms with Crippen LogP contribution in [-0.2, 0) is 9.53 Å². The van der Waals surface area contributed by atoms with E-state index in [0.29, 0.717) is 19.6 Å². The van der Waals surface area contributed by atoms with E-state index in [9.17, 15) is 4.79 Å². The molecule has 0 aromatic heterocycles. The van der Waals surface area contributed by atoms with Crippen molar-refractivity contribution in [3.8, 4) is 5.75 Å². The van der Waals surface area contributed by atoms with Crippen LogP contribution in [0.1, 0.15) is 25.3 Å². The Labute approximate surface area is 115 Å². The Bertz CT molecular complexity index is 393. The van der Waals surface area contributed by atoms with Crippen LogP contribution in [0.5, 0.6) is 5.75 Å². The Balaban J connectivity index is 2.46. The molecule has 106 valence electrons. The molecule has 0 saturated heterocycles. The van der Waals surface area contributed by atoms with Crippen LogP contribution in [0.3, 0.4) is 0 Å². The molecular formula is C15H23NO3. The summed E-state index contributed by atoms with van der Waals surface area (Å²) in [5.41, 5.74) is 1.12. The van der Waals surface area contributed by atoms with Gasteiger partial charge in [-0.25, -0.2) is 0 Å². The van der Waals surface area contributed by atoms with Crippen LogP contribution >= 0.6 is 0 Å². The summed E-state index contributed by atoms with van der Waals surface area (Å²) in [6.45, 7) is 5.20. The number of carbonyl (C=O) groups is 1. The second-order valence-electron chi connectivity index (χ2n) is 4.47. The Morgan fingerprint density at radius 3 is 2.84 bits per heavy atom. The van der Waals surface area contributed by atoms with Gasteiger partial charge in [0.1, 0.15) is 5.75 Å². The Hall–Kier alpha value is -1.55. The highest BCUT2D eigenvalue weighted by Crippen LogP contribution is 2.15. The number of ether oxygens (including phenoxy) is 2. The largest absolute Gasteiger partial charge is 0.481 e. The summed E-state index contributed by atoms with van der Waals surface area (Å²) >= 11 is 0. The summed E-state index contributed by atoms with van der Waals surface area (Å²) in [5, 5.41) is 2.86. The number of hydrogen-bond donors (Lipinski definition) is 1. The maximum Gasteiger partial charge on any atom is 0.261 e. The first-order valence-electron chi connectivity index (χ1n) is 6.67. The first kappa shape index (κ1) is 15.5. The van der Waals surface area contributed by atoms with Crippen LogP contribution < -0.4 is 10.1 Å². The van der Waals surface area contributed by atoms with Crippen molar-refractivity contribution in [1.29, 1.82) is 0 Å². The van der Waals surface area contributed by atoms with E-state index in [1.165, 1.54) is 0 Å². The third kappa shape index (κ3) is 5.75. The van der Waals surface area contributed by atoms with Gasteiger partial charge in [-0.2, -0.15) is 0 Å². The molecule has 1 N–H and O–H groups in total. The number of benzene rings is 1. The lowest BCUT2D eigenvalue weighted by molar-refractivity contribution is -0.128. The van der Waals surface area contributed by atoms with Crippen molar-refractivity contribution in [2.45, 2.75) is 32.8 Å². The first-order valence-corrected chi connectivity index (χ1v) is 6.67. The molecule has 1 amide bonds. The molecule has 1 atom stereocenters. The monoisotopic (exact) mass is 265 g/mol. The Morgan fingerprint density at radius 2 is 2.21 bits per heavy atom. The number of hydrogen-bond acceptors (Lipinski definition) is 3. The highest BCUT2D eigenvalue weighted by molar-refractivity contribution is 5.81. The molecule has 0 spiro atoms. The van der Waals surface area contributed by atoms with Crippen molar-refractivity contribution < 1.29 is 14.3 Å². The van der Waals surface area contributed by atoms with E-state index in [1.807, 2.05) is 38.1 Å². The first-order chi connectivity index (χ1) is 9.17. The molecule has 0 unspecified atom stereocenters. The van der Waals surface area contributed by atoms with Crippen LogP contribution in [-0.4, -0.2) is 32.3 Å². The summed E-state index contributed by atoms with van der Waals surface area (Å²) in [5.74, 6) is 0.666. The lowest BCUT2D eigenvalue weighted by Crippen LogP contribution is -2.38. The van der Waals surface area contributed by atoms with Gasteiger partial charge in [0.05, 0.1) is 0 Å². The zero-order valence-electron chi connectivity index (χ0n) is 11.9. The standard InChI is InChI=1S/C15H23NO3/c1-4-14(15(17)16-9-6-10-18-3)19-13-8-5-7-12(2)11-13/h5,7-8,11,14H,4,6,9-10H2,1-3H3,(H,16,17)/t14-/m1/s1. The molecule has 0 aliphatic carbocycles. The van der Waals surface area contributed by atoms with Gasteiger partial charge in [-0.1, -0.05) is 19.1 Å². The van der Waals surface area contributed by atoms with Crippen molar-refractivity contribution >= 4 is 5.91 Å². The highest BCUT2D eigenvalue weighted by atomic mass is 16.5. The molecule has 0 radical (unpaired) electrons. The third-order valence-electron chi connectivity index (χ3n) is 2.76. The molecule has 0 heterocycles. The topological polar surface area (TPSA) is 47.6 Å². The average Bonchev–Trinajstić information content (AvgIpc) is 2.41. The van der Waals surface area contributed by atoms with Crippen LogP contribution in [0.15, 0.2) is 24.3 Å². The number of amides is 1. The molecule has 0 aliphatic rings. The van der Waals surface area contributed by atoms with Gasteiger partial charge >= 0.3 is 0 Å². The van der Waals surface area contributed by atoms with Gasteiger partial charge < -0.3 is 14.8 Å². The summed E-state index contributed by atoms with van der Waals surface area (Å²) in [7, 11) is 1.65. The molecule has 4 heteroatoms. The van der Waals surface area contributed by atoms with E-state index >= 15 is 0 Å². The maximum absolute atomic E-state index is 11.9. The van der Waals surface area contributed by atoms with Crippen molar-refractivity contribution in [2.24, 2.45) is 0 Å². The van der Waals surface area contributed by atoms with Gasteiger partial charge in [-0.05, 0) is 37.5 Å². The summed E-state index contributed by atoms with van der Waals surface area (Å²) in [6.07, 6.45) is 1.01. The van der Waals surface area contributed by atoms with Gasteiger partial charge in [-0.15, -0.1) is 0 Å². The van der Waals surface area contributed by atoms with Crippen LogP contribution in [0, 0.1) is 6.92 Å². The SMILES string of the molecule is CC[C@@H](Oc1cccc(C)c1)C(=O)NCCCOC. The van der Waals surface area contributed by atoms with Crippen LogP contribution in [0.4, 0.5) is 0 Å². The maximum atomic E-state index is 11.9. The normalized spacial score (nSPS) is 11.9. The minimum Gasteiger partial charge on any atom is -0.481 e. The van der Waals surface area contributed by atoms with E-state index in [1.54, 1.807) is 7.11 Å². The molecule has 1 aromatic carbocycles. The summed E-state index contributed by atoms with van der Waals surface area (Å²) in [4.78, 5) is 11.9. The van der Waals surface area contributed by atoms with E-state index < -0.39 is 6.10 Å². The molecule has 0 saturated carbocycles. The fraction of sp³-hybridized carbons (Fsp3) is 0.533. The number of methoxy groups -OCH3 is 1. The molecular weight excluding hydrogens is 242 g/mol. The summed E-state index contributed by atoms with van der Waals surface area (Å²) < 4.78 is 10.7. The Kier molecular flexibility index (Phi) is 6.97. The molecule has 1 rings (SSSR count). The fourth-order valence-corrected chi connectivity index (χ4v) is 1.72. The smallest absolute Gasteiger partial charge is 0.261 e. The van der Waals surface area contributed by atoms with Gasteiger partial charge in [0.15, 0.2) is 6.10 Å². The van der Waals surface area contributed by atoms with Crippen molar-refractivity contribution in [3.63, 3.8) is 0 Å². The molecule has 0 bridgehead atoms. The molecule has 0 fully saturated rings. The van der Waals surface area contributed by atoms with Crippen molar-refractivity contribution in [2.75, 3.05) is 20.3 Å². The van der Waals surface area contributed by atoms with E-state index in [0.717, 1.165) is 17.7 Å². The second-order valence-corrected chi connectivity index (χ2v) is 4.47. The van der Waals surface area contributed by atoms with Crippen molar-refractivity contribution in [1.82, 2.24) is 5.32 Å². The van der Waals surface area contributed by atoms with Crippen molar-refractivity contribution in [3.05, 3.63) is 29.8 Å². The number of nitrogens with one attached hydrogen (secondary N) is 1. The molecule has 19 heavy (non-hydrogen) atoms. The fourth-order valence-electron chi connectivity index (χ4n) is 1.72. The Morgan fingerprint density at radius 1 is 1.42 bits per heavy atom. The predicted molar refractivity (Wildman–Crippen MR) is 75.4 cm³/mol. The lowest BCUT2D eigenvalue weighted by Gasteiger charge is -2.17. The molecule has 1 aromatic rings. The lowest BCUT2D eigenvalue weighted by atomic mass is 10.2. The van der Waals surface area contributed by atoms with Crippen LogP contribution in [0.25, 0.3) is 0 Å². The minimum atomic E-state index is -0.440. The van der Waals surface area contributed by atoms with E-state index in [-0.39, 0.29) is 5.91 Å². The van der Waals surface area contributed by atoms with Gasteiger partial charge in [0.25, 0.3) is 5.91 Å². The average molecular weight is 265 g/mol. The van der Waals surface area contributed by atoms with E-state index in [2.05, 4.69) is 5.32 Å². The van der Waals surface area contributed by atoms with Gasteiger partial charge in [0.2, 0.25) is 0 Å². The number of rotatable bonds is 8. The summed E-state index contributed by atoms with van der Waals surface area (Å²) in [6, 6.07) is 7.72. The third-order valence-corrected chi connectivity index (χ3v) is 2.76. The zero-order chi connectivity index (χ0) is 14.1. The molecule has 0 aliphatic heterocycles. The second kappa shape index (κ2) is 8.53.